The summed E-state index contributed by atoms with van der Waals surface area (Å²) in [6.45, 7) is 3.96. The van der Waals surface area contributed by atoms with Gasteiger partial charge in [-0.1, -0.05) is 6.07 Å². The molecular weight excluding hydrogens is 250 g/mol. The molecule has 4 heteroatoms. The van der Waals surface area contributed by atoms with Crippen LogP contribution in [0.5, 0.6) is 5.75 Å². The van der Waals surface area contributed by atoms with E-state index in [0.29, 0.717) is 11.3 Å². The third kappa shape index (κ3) is 3.72. The number of ether oxygens (including phenoxy) is 1. The lowest BCUT2D eigenvalue weighted by Crippen LogP contribution is -2.33. The zero-order valence-electron chi connectivity index (χ0n) is 12.1. The standard InChI is InChI=1S/C16H23N3O/c1-20-16-3-2-14(10-15(16)11-18)12-19-8-5-13(4-7-17)6-9-19/h2-3,10,13H,4-9,12,17H2,1H3. The number of piperidine rings is 1. The quantitative estimate of drug-likeness (QED) is 0.892. The Morgan fingerprint density at radius 1 is 1.40 bits per heavy atom. The predicted octanol–water partition coefficient (Wildman–Crippen LogP) is 2.13. The summed E-state index contributed by atoms with van der Waals surface area (Å²) in [5.74, 6) is 1.44. The Bertz CT molecular complexity index is 473. The van der Waals surface area contributed by atoms with Crippen LogP contribution in [-0.4, -0.2) is 31.6 Å². The van der Waals surface area contributed by atoms with Crippen LogP contribution in [0.15, 0.2) is 18.2 Å². The Kier molecular flexibility index (Phi) is 5.40. The molecule has 20 heavy (non-hydrogen) atoms. The van der Waals surface area contributed by atoms with Crippen molar-refractivity contribution < 1.29 is 4.74 Å². The fraction of sp³-hybridized carbons (Fsp3) is 0.562. The van der Waals surface area contributed by atoms with Crippen molar-refractivity contribution >= 4 is 0 Å². The number of likely N-dealkylation sites (tertiary alicyclic amines) is 1. The van der Waals surface area contributed by atoms with Gasteiger partial charge >= 0.3 is 0 Å². The number of hydrogen-bond donors (Lipinski definition) is 1. The van der Waals surface area contributed by atoms with Crippen molar-refractivity contribution in [1.29, 1.82) is 5.26 Å². The van der Waals surface area contributed by atoms with Gasteiger partial charge in [-0.15, -0.1) is 0 Å². The predicted molar refractivity (Wildman–Crippen MR) is 79.4 cm³/mol. The minimum Gasteiger partial charge on any atom is -0.495 e. The molecule has 0 saturated carbocycles. The van der Waals surface area contributed by atoms with Gasteiger partial charge in [-0.3, -0.25) is 4.90 Å². The van der Waals surface area contributed by atoms with Gasteiger partial charge in [0.1, 0.15) is 11.8 Å². The molecule has 1 heterocycles. The molecule has 0 atom stereocenters. The number of nitriles is 1. The molecule has 0 spiro atoms. The number of nitrogens with zero attached hydrogens (tertiary/aromatic N) is 2. The number of methoxy groups -OCH3 is 1. The van der Waals surface area contributed by atoms with Crippen molar-refractivity contribution in [3.05, 3.63) is 29.3 Å². The van der Waals surface area contributed by atoms with Crippen LogP contribution in [0.3, 0.4) is 0 Å². The topological polar surface area (TPSA) is 62.3 Å². The average Bonchev–Trinajstić information content (AvgIpc) is 2.49. The lowest BCUT2D eigenvalue weighted by molar-refractivity contribution is 0.173. The first-order valence-corrected chi connectivity index (χ1v) is 7.26. The molecule has 1 aliphatic heterocycles. The van der Waals surface area contributed by atoms with Gasteiger partial charge in [-0.25, -0.2) is 0 Å². The van der Waals surface area contributed by atoms with Crippen LogP contribution >= 0.6 is 0 Å². The van der Waals surface area contributed by atoms with Gasteiger partial charge in [-0.2, -0.15) is 5.26 Å². The summed E-state index contributed by atoms with van der Waals surface area (Å²) in [4.78, 5) is 2.45. The van der Waals surface area contributed by atoms with Crippen molar-refractivity contribution in [2.75, 3.05) is 26.7 Å². The second-order valence-corrected chi connectivity index (χ2v) is 5.44. The SMILES string of the molecule is COc1ccc(CN2CCC(CCN)CC2)cc1C#N. The van der Waals surface area contributed by atoms with Crippen LogP contribution in [0, 0.1) is 17.2 Å². The molecule has 4 nitrogen and oxygen atoms in total. The summed E-state index contributed by atoms with van der Waals surface area (Å²) in [6, 6.07) is 8.06. The largest absolute Gasteiger partial charge is 0.495 e. The van der Waals surface area contributed by atoms with E-state index in [4.69, 9.17) is 15.7 Å². The number of nitrogens with two attached hydrogens (primary N) is 1. The molecule has 2 N–H and O–H groups in total. The van der Waals surface area contributed by atoms with Gasteiger partial charge in [0.2, 0.25) is 0 Å². The van der Waals surface area contributed by atoms with Gasteiger partial charge in [-0.05, 0) is 62.5 Å². The van der Waals surface area contributed by atoms with Crippen LogP contribution in [-0.2, 0) is 6.54 Å². The molecule has 0 bridgehead atoms. The van der Waals surface area contributed by atoms with Crippen molar-refractivity contribution in [3.8, 4) is 11.8 Å². The van der Waals surface area contributed by atoms with Gasteiger partial charge < -0.3 is 10.5 Å². The molecule has 1 aromatic carbocycles. The summed E-state index contributed by atoms with van der Waals surface area (Å²) < 4.78 is 5.17. The molecule has 1 aromatic rings. The first-order valence-electron chi connectivity index (χ1n) is 7.26. The highest BCUT2D eigenvalue weighted by molar-refractivity contribution is 5.45. The number of rotatable bonds is 5. The van der Waals surface area contributed by atoms with Crippen LogP contribution in [0.2, 0.25) is 0 Å². The monoisotopic (exact) mass is 273 g/mol. The highest BCUT2D eigenvalue weighted by Crippen LogP contribution is 2.23. The van der Waals surface area contributed by atoms with Crippen LogP contribution < -0.4 is 10.5 Å². The van der Waals surface area contributed by atoms with E-state index in [1.54, 1.807) is 7.11 Å². The van der Waals surface area contributed by atoms with E-state index in [1.165, 1.54) is 18.4 Å². The maximum Gasteiger partial charge on any atom is 0.136 e. The van der Waals surface area contributed by atoms with Crippen molar-refractivity contribution in [2.45, 2.75) is 25.8 Å². The summed E-state index contributed by atoms with van der Waals surface area (Å²) in [7, 11) is 1.60. The molecule has 108 valence electrons. The summed E-state index contributed by atoms with van der Waals surface area (Å²) in [5, 5.41) is 9.12. The number of benzene rings is 1. The zero-order chi connectivity index (χ0) is 14.4. The molecule has 0 unspecified atom stereocenters. The molecule has 0 radical (unpaired) electrons. The van der Waals surface area contributed by atoms with Crippen molar-refractivity contribution in [2.24, 2.45) is 11.7 Å². The summed E-state index contributed by atoms with van der Waals surface area (Å²) in [6.07, 6.45) is 3.62. The number of hydrogen-bond acceptors (Lipinski definition) is 4. The van der Waals surface area contributed by atoms with Crippen LogP contribution in [0.25, 0.3) is 0 Å². The average molecular weight is 273 g/mol. The Labute approximate surface area is 121 Å². The van der Waals surface area contributed by atoms with E-state index in [0.717, 1.165) is 38.5 Å². The first-order chi connectivity index (χ1) is 9.76. The highest BCUT2D eigenvalue weighted by atomic mass is 16.5. The Morgan fingerprint density at radius 2 is 2.15 bits per heavy atom. The van der Waals surface area contributed by atoms with Gasteiger partial charge in [0, 0.05) is 6.54 Å². The molecule has 1 saturated heterocycles. The fourth-order valence-electron chi connectivity index (χ4n) is 2.87. The van der Waals surface area contributed by atoms with Crippen LogP contribution in [0.4, 0.5) is 0 Å². The van der Waals surface area contributed by atoms with Crippen molar-refractivity contribution in [3.63, 3.8) is 0 Å². The molecule has 1 aliphatic rings. The highest BCUT2D eigenvalue weighted by Gasteiger charge is 2.18. The molecule has 1 fully saturated rings. The lowest BCUT2D eigenvalue weighted by Gasteiger charge is -2.31. The third-order valence-electron chi connectivity index (χ3n) is 4.07. The second kappa shape index (κ2) is 7.28. The maximum absolute atomic E-state index is 9.12. The Hall–Kier alpha value is -1.57. The molecule has 2 rings (SSSR count). The first kappa shape index (κ1) is 14.8. The van der Waals surface area contributed by atoms with Gasteiger partial charge in [0.25, 0.3) is 0 Å². The fourth-order valence-corrected chi connectivity index (χ4v) is 2.87. The van der Waals surface area contributed by atoms with Crippen molar-refractivity contribution in [1.82, 2.24) is 4.90 Å². The zero-order valence-corrected chi connectivity index (χ0v) is 12.1. The molecular formula is C16H23N3O. The van der Waals surface area contributed by atoms with E-state index in [9.17, 15) is 0 Å². The van der Waals surface area contributed by atoms with Gasteiger partial charge in [0.15, 0.2) is 0 Å². The summed E-state index contributed by atoms with van der Waals surface area (Å²) >= 11 is 0. The maximum atomic E-state index is 9.12. The van der Waals surface area contributed by atoms with E-state index in [-0.39, 0.29) is 0 Å². The minimum absolute atomic E-state index is 0.614. The normalized spacial score (nSPS) is 16.9. The van der Waals surface area contributed by atoms with E-state index in [1.807, 2.05) is 18.2 Å². The van der Waals surface area contributed by atoms with Gasteiger partial charge in [0.05, 0.1) is 12.7 Å². The lowest BCUT2D eigenvalue weighted by atomic mass is 9.93. The van der Waals surface area contributed by atoms with E-state index in [2.05, 4.69) is 11.0 Å². The minimum atomic E-state index is 0.614. The Balaban J connectivity index is 1.93. The summed E-state index contributed by atoms with van der Waals surface area (Å²) in [5.41, 5.74) is 7.41. The molecule has 0 aliphatic carbocycles. The van der Waals surface area contributed by atoms with Crippen LogP contribution in [0.1, 0.15) is 30.4 Å². The Morgan fingerprint density at radius 3 is 2.75 bits per heavy atom. The van der Waals surface area contributed by atoms with E-state index < -0.39 is 0 Å². The third-order valence-corrected chi connectivity index (χ3v) is 4.07. The second-order valence-electron chi connectivity index (χ2n) is 5.44. The molecule has 0 aromatic heterocycles. The smallest absolute Gasteiger partial charge is 0.136 e. The van der Waals surface area contributed by atoms with E-state index >= 15 is 0 Å². The molecule has 0 amide bonds.